The molecule has 4 nitrogen and oxygen atoms in total. The Morgan fingerprint density at radius 3 is 2.38 bits per heavy atom. The van der Waals surface area contributed by atoms with Gasteiger partial charge in [0.15, 0.2) is 0 Å². The number of anilines is 1. The maximum atomic E-state index is 12.6. The summed E-state index contributed by atoms with van der Waals surface area (Å²) in [6.45, 7) is 7.34. The average molecular weight is 327 g/mol. The van der Waals surface area contributed by atoms with Gasteiger partial charge in [-0.3, -0.25) is 4.79 Å². The number of nitrogens with one attached hydrogen (secondary N) is 1. The van der Waals surface area contributed by atoms with E-state index in [9.17, 15) is 4.79 Å². The van der Waals surface area contributed by atoms with Crippen LogP contribution in [0.4, 0.5) is 5.69 Å². The van der Waals surface area contributed by atoms with Crippen molar-refractivity contribution >= 4 is 11.6 Å². The Kier molecular flexibility index (Phi) is 6.67. The molecule has 0 aliphatic rings. The van der Waals surface area contributed by atoms with Crippen LogP contribution >= 0.6 is 0 Å². The predicted molar refractivity (Wildman–Crippen MR) is 97.0 cm³/mol. The van der Waals surface area contributed by atoms with Crippen LogP contribution in [0.3, 0.4) is 0 Å². The molecule has 2 aromatic carbocycles. The number of hydrogen-bond acceptors (Lipinski definition) is 3. The fourth-order valence-corrected chi connectivity index (χ4v) is 2.23. The van der Waals surface area contributed by atoms with E-state index in [1.54, 1.807) is 6.07 Å². The van der Waals surface area contributed by atoms with E-state index in [4.69, 9.17) is 9.47 Å². The summed E-state index contributed by atoms with van der Waals surface area (Å²) in [6.07, 6.45) is 0.948. The van der Waals surface area contributed by atoms with Crippen molar-refractivity contribution in [1.29, 1.82) is 0 Å². The van der Waals surface area contributed by atoms with Gasteiger partial charge in [0.2, 0.25) is 0 Å². The van der Waals surface area contributed by atoms with Gasteiger partial charge in [0.05, 0.1) is 24.5 Å². The minimum absolute atomic E-state index is 0.206. The molecule has 0 radical (unpaired) electrons. The summed E-state index contributed by atoms with van der Waals surface area (Å²) < 4.78 is 11.3. The number of benzene rings is 2. The van der Waals surface area contributed by atoms with E-state index in [1.165, 1.54) is 0 Å². The maximum Gasteiger partial charge on any atom is 0.259 e. The molecule has 0 aliphatic carbocycles. The lowest BCUT2D eigenvalue weighted by molar-refractivity contribution is 0.102. The first kappa shape index (κ1) is 17.9. The van der Waals surface area contributed by atoms with Gasteiger partial charge in [-0.15, -0.1) is 0 Å². The monoisotopic (exact) mass is 327 g/mol. The summed E-state index contributed by atoms with van der Waals surface area (Å²) in [7, 11) is 0. The van der Waals surface area contributed by atoms with Gasteiger partial charge in [-0.25, -0.2) is 0 Å². The highest BCUT2D eigenvalue weighted by Gasteiger charge is 2.14. The van der Waals surface area contributed by atoms with E-state index in [0.29, 0.717) is 41.9 Å². The second-order valence-electron chi connectivity index (χ2n) is 5.91. The zero-order valence-corrected chi connectivity index (χ0v) is 14.5. The maximum absolute atomic E-state index is 12.6. The van der Waals surface area contributed by atoms with Crippen molar-refractivity contribution in [3.05, 3.63) is 54.1 Å². The van der Waals surface area contributed by atoms with E-state index < -0.39 is 0 Å². The molecule has 0 atom stereocenters. The van der Waals surface area contributed by atoms with Crippen LogP contribution in [-0.4, -0.2) is 19.1 Å². The zero-order valence-electron chi connectivity index (χ0n) is 14.5. The molecule has 4 heteroatoms. The van der Waals surface area contributed by atoms with Gasteiger partial charge in [-0.2, -0.15) is 0 Å². The lowest BCUT2D eigenvalue weighted by Gasteiger charge is -2.14. The number of carbonyl (C=O) groups excluding carboxylic acids is 1. The molecule has 1 amide bonds. The Morgan fingerprint density at radius 2 is 1.67 bits per heavy atom. The molecule has 0 spiro atoms. The highest BCUT2D eigenvalue weighted by molar-refractivity contribution is 6.06. The zero-order chi connectivity index (χ0) is 17.4. The molecule has 2 rings (SSSR count). The molecule has 0 aliphatic heterocycles. The standard InChI is InChI=1S/C20H25NO3/c1-4-23-19-12-8-6-10-17(19)21-20(22)16-9-5-7-11-18(16)24-14-13-15(2)3/h5-12,15H,4,13-14H2,1-3H3,(H,21,22). The van der Waals surface area contributed by atoms with E-state index >= 15 is 0 Å². The van der Waals surface area contributed by atoms with Crippen molar-refractivity contribution < 1.29 is 14.3 Å². The molecule has 1 N–H and O–H groups in total. The van der Waals surface area contributed by atoms with Gasteiger partial charge in [0.1, 0.15) is 11.5 Å². The Labute approximate surface area is 143 Å². The second-order valence-corrected chi connectivity index (χ2v) is 5.91. The van der Waals surface area contributed by atoms with Crippen LogP contribution in [0.25, 0.3) is 0 Å². The summed E-state index contributed by atoms with van der Waals surface area (Å²) in [5.41, 5.74) is 1.17. The van der Waals surface area contributed by atoms with Crippen LogP contribution in [0.5, 0.6) is 11.5 Å². The van der Waals surface area contributed by atoms with E-state index in [0.717, 1.165) is 6.42 Å². The smallest absolute Gasteiger partial charge is 0.259 e. The third-order valence-electron chi connectivity index (χ3n) is 3.52. The van der Waals surface area contributed by atoms with Gasteiger partial charge in [0, 0.05) is 0 Å². The van der Waals surface area contributed by atoms with Crippen molar-refractivity contribution in [3.8, 4) is 11.5 Å². The number of ether oxygens (including phenoxy) is 2. The number of amides is 1. The highest BCUT2D eigenvalue weighted by atomic mass is 16.5. The molecule has 0 saturated heterocycles. The van der Waals surface area contributed by atoms with E-state index in [2.05, 4.69) is 19.2 Å². The topological polar surface area (TPSA) is 47.6 Å². The van der Waals surface area contributed by atoms with Crippen LogP contribution in [0.1, 0.15) is 37.6 Å². The molecule has 0 aromatic heterocycles. The summed E-state index contributed by atoms with van der Waals surface area (Å²) in [5.74, 6) is 1.61. The summed E-state index contributed by atoms with van der Waals surface area (Å²) in [4.78, 5) is 12.6. The fourth-order valence-electron chi connectivity index (χ4n) is 2.23. The normalized spacial score (nSPS) is 10.5. The molecular formula is C20H25NO3. The highest BCUT2D eigenvalue weighted by Crippen LogP contribution is 2.26. The molecule has 0 unspecified atom stereocenters. The van der Waals surface area contributed by atoms with Crippen molar-refractivity contribution in [3.63, 3.8) is 0 Å². The molecule has 24 heavy (non-hydrogen) atoms. The molecule has 0 heterocycles. The lowest BCUT2D eigenvalue weighted by Crippen LogP contribution is -2.15. The van der Waals surface area contributed by atoms with E-state index in [-0.39, 0.29) is 5.91 Å². The first-order valence-electron chi connectivity index (χ1n) is 8.36. The first-order valence-corrected chi connectivity index (χ1v) is 8.36. The van der Waals surface area contributed by atoms with Crippen LogP contribution in [0.15, 0.2) is 48.5 Å². The molecule has 0 fully saturated rings. The molecule has 0 saturated carbocycles. The van der Waals surface area contributed by atoms with Crippen molar-refractivity contribution in [2.24, 2.45) is 5.92 Å². The van der Waals surface area contributed by atoms with E-state index in [1.807, 2.05) is 49.4 Å². The number of hydrogen-bond donors (Lipinski definition) is 1. The number of carbonyl (C=O) groups is 1. The van der Waals surface area contributed by atoms with Crippen LogP contribution in [0, 0.1) is 5.92 Å². The van der Waals surface area contributed by atoms with Crippen LogP contribution in [-0.2, 0) is 0 Å². The number of para-hydroxylation sites is 3. The Hall–Kier alpha value is -2.49. The molecule has 0 bridgehead atoms. The average Bonchev–Trinajstić information content (AvgIpc) is 2.57. The number of rotatable bonds is 8. The van der Waals surface area contributed by atoms with Crippen molar-refractivity contribution in [2.45, 2.75) is 27.2 Å². The summed E-state index contributed by atoms with van der Waals surface area (Å²) >= 11 is 0. The van der Waals surface area contributed by atoms with Crippen LogP contribution < -0.4 is 14.8 Å². The Balaban J connectivity index is 2.12. The minimum atomic E-state index is -0.206. The van der Waals surface area contributed by atoms with Gasteiger partial charge in [0.25, 0.3) is 5.91 Å². The molecule has 128 valence electrons. The second kappa shape index (κ2) is 8.96. The van der Waals surface area contributed by atoms with Gasteiger partial charge in [-0.05, 0) is 43.5 Å². The van der Waals surface area contributed by atoms with Crippen molar-refractivity contribution in [2.75, 3.05) is 18.5 Å². The van der Waals surface area contributed by atoms with Crippen LogP contribution in [0.2, 0.25) is 0 Å². The minimum Gasteiger partial charge on any atom is -0.493 e. The van der Waals surface area contributed by atoms with Gasteiger partial charge >= 0.3 is 0 Å². The SMILES string of the molecule is CCOc1ccccc1NC(=O)c1ccccc1OCCC(C)C. The first-order chi connectivity index (χ1) is 11.6. The summed E-state index contributed by atoms with van der Waals surface area (Å²) in [5, 5.41) is 2.91. The Morgan fingerprint density at radius 1 is 1.00 bits per heavy atom. The third kappa shape index (κ3) is 5.01. The van der Waals surface area contributed by atoms with Gasteiger partial charge < -0.3 is 14.8 Å². The lowest BCUT2D eigenvalue weighted by atomic mass is 10.1. The third-order valence-corrected chi connectivity index (χ3v) is 3.52. The molecule has 2 aromatic rings. The molecular weight excluding hydrogens is 302 g/mol. The largest absolute Gasteiger partial charge is 0.493 e. The summed E-state index contributed by atoms with van der Waals surface area (Å²) in [6, 6.07) is 14.7. The Bertz CT molecular complexity index is 667. The quantitative estimate of drug-likeness (QED) is 0.760. The van der Waals surface area contributed by atoms with Gasteiger partial charge in [-0.1, -0.05) is 38.1 Å². The predicted octanol–water partition coefficient (Wildman–Crippen LogP) is 4.76. The van der Waals surface area contributed by atoms with Crippen molar-refractivity contribution in [1.82, 2.24) is 0 Å². The fraction of sp³-hybridized carbons (Fsp3) is 0.350.